The highest BCUT2D eigenvalue weighted by Gasteiger charge is 2.49. The summed E-state index contributed by atoms with van der Waals surface area (Å²) in [6.45, 7) is 5.94. The number of hydrogen-bond donors (Lipinski definition) is 3. The number of pyridine rings is 1. The van der Waals surface area contributed by atoms with E-state index >= 15 is 4.39 Å². The van der Waals surface area contributed by atoms with Crippen molar-refractivity contribution < 1.29 is 23.1 Å². The van der Waals surface area contributed by atoms with Gasteiger partial charge in [0.25, 0.3) is 0 Å². The van der Waals surface area contributed by atoms with Gasteiger partial charge in [-0.1, -0.05) is 19.9 Å². The molecule has 3 N–H and O–H groups in total. The fourth-order valence-corrected chi connectivity index (χ4v) is 5.94. The Hall–Kier alpha value is -2.91. The molecule has 1 aromatic carbocycles. The van der Waals surface area contributed by atoms with Crippen LogP contribution in [0.15, 0.2) is 30.6 Å². The molecule has 4 heterocycles. The van der Waals surface area contributed by atoms with Gasteiger partial charge in [-0.3, -0.25) is 4.79 Å². The van der Waals surface area contributed by atoms with Crippen molar-refractivity contribution in [3.63, 3.8) is 0 Å². The molecule has 186 valence electrons. The third-order valence-corrected chi connectivity index (χ3v) is 7.70. The van der Waals surface area contributed by atoms with Crippen molar-refractivity contribution in [1.29, 1.82) is 0 Å². The highest BCUT2D eigenvalue weighted by atomic mass is 19.1. The van der Waals surface area contributed by atoms with Gasteiger partial charge in [-0.25, -0.2) is 18.2 Å². The second-order valence-corrected chi connectivity index (χ2v) is 10.0. The van der Waals surface area contributed by atoms with E-state index in [1.807, 2.05) is 0 Å². The van der Waals surface area contributed by atoms with Crippen molar-refractivity contribution in [3.05, 3.63) is 53.4 Å². The van der Waals surface area contributed by atoms with Crippen LogP contribution in [-0.4, -0.2) is 57.7 Å². The minimum atomic E-state index is -1.51. The molecule has 5 atom stereocenters. The number of H-pyrrole nitrogens is 1. The molecule has 3 aromatic rings. The van der Waals surface area contributed by atoms with E-state index < -0.39 is 41.3 Å². The van der Waals surface area contributed by atoms with Crippen LogP contribution in [0.2, 0.25) is 0 Å². The summed E-state index contributed by atoms with van der Waals surface area (Å²) >= 11 is 0. The summed E-state index contributed by atoms with van der Waals surface area (Å²) in [5, 5.41) is 15.1. The second kappa shape index (κ2) is 8.64. The zero-order valence-corrected chi connectivity index (χ0v) is 19.9. The summed E-state index contributed by atoms with van der Waals surface area (Å²) < 4.78 is 43.7. The summed E-state index contributed by atoms with van der Waals surface area (Å²) in [5.41, 5.74) is 0.582. The van der Waals surface area contributed by atoms with Crippen molar-refractivity contribution >= 4 is 16.9 Å². The Kier molecular flexibility index (Phi) is 5.88. The molecule has 0 bridgehead atoms. The molecule has 1 amide bonds. The molecule has 6 nitrogen and oxygen atoms in total. The first-order valence-corrected chi connectivity index (χ1v) is 11.9. The normalized spacial score (nSPS) is 29.2. The van der Waals surface area contributed by atoms with Crippen LogP contribution >= 0.6 is 0 Å². The van der Waals surface area contributed by atoms with Gasteiger partial charge < -0.3 is 20.3 Å². The number of aromatic nitrogens is 2. The Morgan fingerprint density at radius 3 is 2.54 bits per heavy atom. The quantitative estimate of drug-likeness (QED) is 0.526. The molecule has 35 heavy (non-hydrogen) atoms. The molecular formula is C26H29F3N4O2. The molecule has 0 aliphatic carbocycles. The molecular weight excluding hydrogens is 457 g/mol. The largest absolute Gasteiger partial charge is 0.384 e. The lowest BCUT2D eigenvalue weighted by atomic mass is 9.69. The fourth-order valence-electron chi connectivity index (χ4n) is 5.94. The van der Waals surface area contributed by atoms with E-state index in [9.17, 15) is 18.7 Å². The van der Waals surface area contributed by atoms with Crippen LogP contribution in [0, 0.1) is 30.4 Å². The van der Waals surface area contributed by atoms with Gasteiger partial charge in [0.15, 0.2) is 5.82 Å². The number of nitrogens with zero attached hydrogens (tertiary/aromatic N) is 2. The van der Waals surface area contributed by atoms with Crippen LogP contribution < -0.4 is 5.32 Å². The Morgan fingerprint density at radius 2 is 1.91 bits per heavy atom. The molecule has 5 rings (SSSR count). The van der Waals surface area contributed by atoms with Crippen molar-refractivity contribution in [1.82, 2.24) is 20.2 Å². The summed E-state index contributed by atoms with van der Waals surface area (Å²) in [6.07, 6.45) is 1.84. The van der Waals surface area contributed by atoms with Crippen LogP contribution in [-0.2, 0) is 10.4 Å². The van der Waals surface area contributed by atoms with Crippen LogP contribution in [0.1, 0.15) is 31.4 Å². The average Bonchev–Trinajstić information content (AvgIpc) is 3.42. The minimum Gasteiger partial charge on any atom is -0.384 e. The lowest BCUT2D eigenvalue weighted by Gasteiger charge is -2.49. The molecule has 2 aliphatic rings. The lowest BCUT2D eigenvalue weighted by molar-refractivity contribution is -0.151. The van der Waals surface area contributed by atoms with Crippen molar-refractivity contribution in [2.45, 2.75) is 45.0 Å². The van der Waals surface area contributed by atoms with Gasteiger partial charge in [-0.2, -0.15) is 0 Å². The molecule has 2 saturated heterocycles. The number of carbonyl (C=O) groups is 1. The van der Waals surface area contributed by atoms with E-state index in [-0.39, 0.29) is 42.9 Å². The maximum absolute atomic E-state index is 15.7. The Balaban J connectivity index is 1.48. The number of nitrogens with one attached hydrogen (secondary N) is 2. The smallest absolute Gasteiger partial charge is 0.239 e. The van der Waals surface area contributed by atoms with Gasteiger partial charge in [-0.15, -0.1) is 0 Å². The second-order valence-electron chi connectivity index (χ2n) is 10.0. The third kappa shape index (κ3) is 3.81. The number of rotatable bonds is 3. The summed E-state index contributed by atoms with van der Waals surface area (Å²) in [6, 6.07) is 4.14. The topological polar surface area (TPSA) is 81.2 Å². The number of likely N-dealkylation sites (tertiary alicyclic amines) is 1. The van der Waals surface area contributed by atoms with Crippen molar-refractivity contribution in [2.75, 3.05) is 19.6 Å². The first-order chi connectivity index (χ1) is 16.6. The number of piperidine rings is 1. The van der Waals surface area contributed by atoms with Gasteiger partial charge >= 0.3 is 0 Å². The van der Waals surface area contributed by atoms with E-state index in [1.165, 1.54) is 18.5 Å². The Labute approximate surface area is 201 Å². The molecule has 0 saturated carbocycles. The molecule has 2 aromatic heterocycles. The highest BCUT2D eigenvalue weighted by Crippen LogP contribution is 2.45. The minimum absolute atomic E-state index is 0.140. The first kappa shape index (κ1) is 23.8. The summed E-state index contributed by atoms with van der Waals surface area (Å²) in [5.74, 6) is -2.18. The Morgan fingerprint density at radius 1 is 1.20 bits per heavy atom. The van der Waals surface area contributed by atoms with Crippen LogP contribution in [0.5, 0.6) is 0 Å². The number of amides is 1. The molecule has 0 radical (unpaired) electrons. The zero-order valence-electron chi connectivity index (χ0n) is 19.9. The fraction of sp³-hybridized carbons (Fsp3) is 0.462. The third-order valence-electron chi connectivity index (χ3n) is 7.70. The van der Waals surface area contributed by atoms with Crippen LogP contribution in [0.25, 0.3) is 22.2 Å². The van der Waals surface area contributed by atoms with E-state index in [1.54, 1.807) is 37.8 Å². The van der Waals surface area contributed by atoms with E-state index in [0.717, 1.165) is 0 Å². The SMILES string of the molecule is Cc1cc(-c2ccnc3[nH]cc(F)c23)cc(F)c1[C@@]1(O)[C@H](C)CN(C(=O)[C@@H]2C[C@@H](F)CN2)C[C@@H]1C. The highest BCUT2D eigenvalue weighted by molar-refractivity contribution is 5.93. The van der Waals surface area contributed by atoms with Crippen molar-refractivity contribution in [3.8, 4) is 11.1 Å². The molecule has 0 spiro atoms. The predicted octanol–water partition coefficient (Wildman–Crippen LogP) is 3.82. The van der Waals surface area contributed by atoms with E-state index in [2.05, 4.69) is 15.3 Å². The number of hydrogen-bond acceptors (Lipinski definition) is 4. The average molecular weight is 487 g/mol. The van der Waals surface area contributed by atoms with Crippen LogP contribution in [0.3, 0.4) is 0 Å². The van der Waals surface area contributed by atoms with Crippen molar-refractivity contribution in [2.24, 2.45) is 11.8 Å². The molecule has 9 heteroatoms. The number of halogens is 3. The van der Waals surface area contributed by atoms with Gasteiger partial charge in [-0.05, 0) is 35.7 Å². The van der Waals surface area contributed by atoms with Gasteiger partial charge in [0, 0.05) is 55.8 Å². The van der Waals surface area contributed by atoms with Crippen LogP contribution in [0.4, 0.5) is 13.2 Å². The molecule has 2 fully saturated rings. The predicted molar refractivity (Wildman–Crippen MR) is 126 cm³/mol. The molecule has 2 aliphatic heterocycles. The summed E-state index contributed by atoms with van der Waals surface area (Å²) in [7, 11) is 0. The number of alkyl halides is 1. The van der Waals surface area contributed by atoms with Gasteiger partial charge in [0.1, 0.15) is 23.2 Å². The van der Waals surface area contributed by atoms with E-state index in [0.29, 0.717) is 22.3 Å². The van der Waals surface area contributed by atoms with E-state index in [4.69, 9.17) is 0 Å². The number of benzene rings is 1. The zero-order chi connectivity index (χ0) is 25.1. The monoisotopic (exact) mass is 486 g/mol. The number of aliphatic hydroxyl groups is 1. The van der Waals surface area contributed by atoms with Gasteiger partial charge in [0.05, 0.1) is 11.4 Å². The number of aromatic amines is 1. The number of carbonyl (C=O) groups excluding carboxylic acids is 1. The molecule has 0 unspecified atom stereocenters. The Bertz CT molecular complexity index is 1260. The first-order valence-electron chi connectivity index (χ1n) is 11.9. The number of fused-ring (bicyclic) bond motifs is 1. The van der Waals surface area contributed by atoms with Gasteiger partial charge in [0.2, 0.25) is 5.91 Å². The maximum Gasteiger partial charge on any atom is 0.239 e. The standard InChI is InChI=1S/C26H29F3N4O2/c1-13-6-16(18-4-5-30-24-22(18)20(29)10-32-24)7-19(28)23(13)26(35)14(2)11-33(12-15(26)3)25(34)21-8-17(27)9-31-21/h4-7,10,14-15,17,21,31,35H,8-9,11-12H2,1-3H3,(H,30,32)/t14-,15+,17-,21+,26-/m1/s1. The number of aryl methyl sites for hydroxylation is 1. The summed E-state index contributed by atoms with van der Waals surface area (Å²) in [4.78, 5) is 21.5. The maximum atomic E-state index is 15.7. The lowest BCUT2D eigenvalue weighted by Crippen LogP contribution is -2.58.